The molecule has 0 amide bonds. The number of hydrogen-bond acceptors (Lipinski definition) is 4. The Morgan fingerprint density at radius 3 is 2.00 bits per heavy atom. The maximum Gasteiger partial charge on any atom is 0.307 e. The van der Waals surface area contributed by atoms with Crippen LogP contribution < -0.4 is 11.5 Å². The average molecular weight is 294 g/mol. The molecule has 1 aliphatic carbocycles. The first-order chi connectivity index (χ1) is 9.88. The molecule has 0 saturated heterocycles. The summed E-state index contributed by atoms with van der Waals surface area (Å²) >= 11 is 0. The van der Waals surface area contributed by atoms with Crippen molar-refractivity contribution in [1.82, 2.24) is 0 Å². The Balaban J connectivity index is 0.000000211. The highest BCUT2D eigenvalue weighted by atomic mass is 16.4. The minimum Gasteiger partial charge on any atom is -0.481 e. The van der Waals surface area contributed by atoms with Gasteiger partial charge >= 0.3 is 11.9 Å². The third-order valence-corrected chi connectivity index (χ3v) is 3.46. The number of aliphatic carboxylic acids is 2. The lowest BCUT2D eigenvalue weighted by Gasteiger charge is -2.22. The first kappa shape index (κ1) is 17.0. The van der Waals surface area contributed by atoms with Crippen LogP contribution in [0.1, 0.15) is 31.2 Å². The van der Waals surface area contributed by atoms with Crippen molar-refractivity contribution in [2.24, 2.45) is 11.7 Å². The zero-order valence-electron chi connectivity index (χ0n) is 11.9. The monoisotopic (exact) mass is 294 g/mol. The van der Waals surface area contributed by atoms with E-state index in [0.29, 0.717) is 5.69 Å². The first-order valence-electron chi connectivity index (χ1n) is 6.93. The first-order valence-corrected chi connectivity index (χ1v) is 6.93. The number of nitrogens with two attached hydrogens (primary N) is 2. The van der Waals surface area contributed by atoms with E-state index in [2.05, 4.69) is 0 Å². The van der Waals surface area contributed by atoms with Gasteiger partial charge in [-0.25, -0.2) is 0 Å². The van der Waals surface area contributed by atoms with E-state index in [9.17, 15) is 9.59 Å². The molecule has 0 bridgehead atoms. The van der Waals surface area contributed by atoms with Gasteiger partial charge in [0.15, 0.2) is 0 Å². The number of rotatable bonds is 3. The second kappa shape index (κ2) is 8.26. The molecule has 6 heteroatoms. The van der Waals surface area contributed by atoms with E-state index in [0.717, 1.165) is 31.2 Å². The third kappa shape index (κ3) is 6.76. The smallest absolute Gasteiger partial charge is 0.307 e. The summed E-state index contributed by atoms with van der Waals surface area (Å²) in [5, 5.41) is 17.0. The molecule has 0 spiro atoms. The highest BCUT2D eigenvalue weighted by molar-refractivity contribution is 5.70. The quantitative estimate of drug-likeness (QED) is 0.625. The number of benzene rings is 1. The SMILES string of the molecule is NC1CCC(C(=O)O)CC1.Nc1ccc(CC(=O)O)cc1. The van der Waals surface area contributed by atoms with Gasteiger partial charge in [-0.2, -0.15) is 0 Å². The van der Waals surface area contributed by atoms with Crippen LogP contribution in [-0.4, -0.2) is 28.2 Å². The molecule has 0 aromatic heterocycles. The fraction of sp³-hybridized carbons (Fsp3) is 0.467. The van der Waals surface area contributed by atoms with Gasteiger partial charge in [0.1, 0.15) is 0 Å². The fourth-order valence-corrected chi connectivity index (χ4v) is 2.18. The molecular formula is C15H22N2O4. The maximum absolute atomic E-state index is 10.4. The molecule has 21 heavy (non-hydrogen) atoms. The minimum atomic E-state index is -0.824. The molecular weight excluding hydrogens is 272 g/mol. The van der Waals surface area contributed by atoms with Crippen LogP contribution in [0.15, 0.2) is 24.3 Å². The van der Waals surface area contributed by atoms with E-state index in [-0.39, 0.29) is 18.4 Å². The predicted molar refractivity (Wildman–Crippen MR) is 79.8 cm³/mol. The molecule has 6 nitrogen and oxygen atoms in total. The summed E-state index contributed by atoms with van der Waals surface area (Å²) in [6.45, 7) is 0. The number of carbonyl (C=O) groups is 2. The fourth-order valence-electron chi connectivity index (χ4n) is 2.18. The Kier molecular flexibility index (Phi) is 6.68. The van der Waals surface area contributed by atoms with Gasteiger partial charge in [0.05, 0.1) is 12.3 Å². The van der Waals surface area contributed by atoms with Gasteiger partial charge in [-0.1, -0.05) is 12.1 Å². The number of carboxylic acid groups (broad SMARTS) is 2. The molecule has 0 radical (unpaired) electrons. The summed E-state index contributed by atoms with van der Waals surface area (Å²) in [5.41, 5.74) is 12.4. The summed E-state index contributed by atoms with van der Waals surface area (Å²) in [6, 6.07) is 7.05. The van der Waals surface area contributed by atoms with Crippen molar-refractivity contribution in [2.75, 3.05) is 5.73 Å². The summed E-state index contributed by atoms with van der Waals surface area (Å²) < 4.78 is 0. The number of hydrogen-bond donors (Lipinski definition) is 4. The Hall–Kier alpha value is -2.08. The molecule has 0 heterocycles. The molecule has 1 saturated carbocycles. The second-order valence-corrected chi connectivity index (χ2v) is 5.26. The lowest BCUT2D eigenvalue weighted by molar-refractivity contribution is -0.143. The van der Waals surface area contributed by atoms with Crippen LogP contribution in [-0.2, 0) is 16.0 Å². The van der Waals surface area contributed by atoms with E-state index in [1.54, 1.807) is 24.3 Å². The van der Waals surface area contributed by atoms with Crippen molar-refractivity contribution in [3.05, 3.63) is 29.8 Å². The van der Waals surface area contributed by atoms with Crippen molar-refractivity contribution in [3.63, 3.8) is 0 Å². The van der Waals surface area contributed by atoms with Crippen molar-refractivity contribution >= 4 is 17.6 Å². The van der Waals surface area contributed by atoms with E-state index in [1.807, 2.05) is 0 Å². The van der Waals surface area contributed by atoms with Gasteiger partial charge in [-0.3, -0.25) is 9.59 Å². The van der Waals surface area contributed by atoms with Crippen molar-refractivity contribution in [2.45, 2.75) is 38.1 Å². The summed E-state index contributed by atoms with van der Waals surface area (Å²) in [5.74, 6) is -1.61. The van der Waals surface area contributed by atoms with Crippen molar-refractivity contribution in [3.8, 4) is 0 Å². The maximum atomic E-state index is 10.4. The highest BCUT2D eigenvalue weighted by Crippen LogP contribution is 2.22. The van der Waals surface area contributed by atoms with Gasteiger partial charge in [-0.15, -0.1) is 0 Å². The Morgan fingerprint density at radius 2 is 1.57 bits per heavy atom. The van der Waals surface area contributed by atoms with E-state index in [4.69, 9.17) is 21.7 Å². The molecule has 116 valence electrons. The largest absolute Gasteiger partial charge is 0.481 e. The van der Waals surface area contributed by atoms with Crippen molar-refractivity contribution < 1.29 is 19.8 Å². The molecule has 1 aromatic carbocycles. The Bertz CT molecular complexity index is 465. The second-order valence-electron chi connectivity index (χ2n) is 5.26. The van der Waals surface area contributed by atoms with Crippen LogP contribution in [0.5, 0.6) is 0 Å². The molecule has 2 rings (SSSR count). The molecule has 6 N–H and O–H groups in total. The van der Waals surface area contributed by atoms with Crippen LogP contribution >= 0.6 is 0 Å². The molecule has 1 aliphatic rings. The van der Waals surface area contributed by atoms with Crippen LogP contribution in [0.4, 0.5) is 5.69 Å². The molecule has 0 unspecified atom stereocenters. The zero-order valence-corrected chi connectivity index (χ0v) is 11.9. The normalized spacial score (nSPS) is 21.0. The third-order valence-electron chi connectivity index (χ3n) is 3.46. The number of anilines is 1. The molecule has 0 aliphatic heterocycles. The minimum absolute atomic E-state index is 0.0558. The van der Waals surface area contributed by atoms with E-state index in [1.165, 1.54) is 0 Å². The zero-order chi connectivity index (χ0) is 15.8. The van der Waals surface area contributed by atoms with Gasteiger partial charge in [-0.05, 0) is 43.4 Å². The molecule has 1 fully saturated rings. The van der Waals surface area contributed by atoms with Gasteiger partial charge in [0.25, 0.3) is 0 Å². The van der Waals surface area contributed by atoms with Crippen LogP contribution in [0.25, 0.3) is 0 Å². The van der Waals surface area contributed by atoms with Gasteiger partial charge < -0.3 is 21.7 Å². The van der Waals surface area contributed by atoms with Crippen LogP contribution in [0.2, 0.25) is 0 Å². The standard InChI is InChI=1S/C8H9NO2.C7H13NO2/c9-7-3-1-6(2-4-7)5-8(10)11;8-6-3-1-5(2-4-6)7(9)10/h1-4H,5,9H2,(H,10,11);5-6H,1-4,8H2,(H,9,10). The van der Waals surface area contributed by atoms with E-state index < -0.39 is 11.9 Å². The summed E-state index contributed by atoms with van der Waals surface area (Å²) in [6.07, 6.45) is 3.32. The predicted octanol–water partition coefficient (Wildman–Crippen LogP) is 1.48. The topological polar surface area (TPSA) is 127 Å². The molecule has 1 aromatic rings. The van der Waals surface area contributed by atoms with Gasteiger partial charge in [0.2, 0.25) is 0 Å². The summed E-state index contributed by atoms with van der Waals surface area (Å²) in [7, 11) is 0. The summed E-state index contributed by atoms with van der Waals surface area (Å²) in [4.78, 5) is 20.6. The van der Waals surface area contributed by atoms with E-state index >= 15 is 0 Å². The Morgan fingerprint density at radius 1 is 1.05 bits per heavy atom. The molecule has 0 atom stereocenters. The average Bonchev–Trinajstić information content (AvgIpc) is 2.42. The lowest BCUT2D eigenvalue weighted by Crippen LogP contribution is -2.29. The van der Waals surface area contributed by atoms with Crippen LogP contribution in [0.3, 0.4) is 0 Å². The Labute approximate surface area is 123 Å². The number of carboxylic acids is 2. The van der Waals surface area contributed by atoms with Crippen LogP contribution in [0, 0.1) is 5.92 Å². The number of nitrogen functional groups attached to an aromatic ring is 1. The lowest BCUT2D eigenvalue weighted by atomic mass is 9.87. The highest BCUT2D eigenvalue weighted by Gasteiger charge is 2.23. The van der Waals surface area contributed by atoms with Crippen molar-refractivity contribution in [1.29, 1.82) is 0 Å². The van der Waals surface area contributed by atoms with Gasteiger partial charge in [0, 0.05) is 11.7 Å².